The molecule has 0 bridgehead atoms. The predicted molar refractivity (Wildman–Crippen MR) is 86.8 cm³/mol. The molecule has 21 heavy (non-hydrogen) atoms. The van der Waals surface area contributed by atoms with Gasteiger partial charge in [-0.15, -0.1) is 0 Å². The van der Waals surface area contributed by atoms with Gasteiger partial charge in [-0.1, -0.05) is 44.5 Å². The van der Waals surface area contributed by atoms with Gasteiger partial charge in [0.05, 0.1) is 5.02 Å². The summed E-state index contributed by atoms with van der Waals surface area (Å²) < 4.78 is 5.78. The molecular weight excluding hydrogens is 288 g/mol. The minimum atomic E-state index is -0.580. The molecule has 0 aromatic heterocycles. The normalized spacial score (nSPS) is 12.3. The molecule has 1 unspecified atom stereocenters. The van der Waals surface area contributed by atoms with Crippen molar-refractivity contribution in [1.29, 1.82) is 0 Å². The number of nitrogens with one attached hydrogen (secondary N) is 2. The molecule has 1 atom stereocenters. The highest BCUT2D eigenvalue weighted by Gasteiger charge is 2.18. The molecular formula is C16H25ClN2O2. The van der Waals surface area contributed by atoms with Gasteiger partial charge in [0.25, 0.3) is 5.91 Å². The smallest absolute Gasteiger partial charge is 0.260 e. The van der Waals surface area contributed by atoms with Gasteiger partial charge in [0.15, 0.2) is 6.10 Å². The van der Waals surface area contributed by atoms with E-state index in [2.05, 4.69) is 10.6 Å². The van der Waals surface area contributed by atoms with Gasteiger partial charge in [0.1, 0.15) is 5.75 Å². The summed E-state index contributed by atoms with van der Waals surface area (Å²) in [4.78, 5) is 12.0. The topological polar surface area (TPSA) is 50.4 Å². The summed E-state index contributed by atoms with van der Waals surface area (Å²) in [6.07, 6.45) is -0.580. The largest absolute Gasteiger partial charge is 0.479 e. The average molecular weight is 313 g/mol. The van der Waals surface area contributed by atoms with Gasteiger partial charge in [-0.25, -0.2) is 0 Å². The molecule has 1 rings (SSSR count). The van der Waals surface area contributed by atoms with Crippen LogP contribution in [0, 0.1) is 5.92 Å². The van der Waals surface area contributed by atoms with Crippen LogP contribution in [-0.2, 0) is 11.3 Å². The molecule has 0 heterocycles. The van der Waals surface area contributed by atoms with E-state index in [9.17, 15) is 4.79 Å². The van der Waals surface area contributed by atoms with Crippen LogP contribution in [0.15, 0.2) is 18.2 Å². The summed E-state index contributed by atoms with van der Waals surface area (Å²) in [5.41, 5.74) is 0.952. The molecule has 1 aromatic carbocycles. The minimum absolute atomic E-state index is 0.127. The van der Waals surface area contributed by atoms with Crippen molar-refractivity contribution >= 4 is 17.5 Å². The fourth-order valence-electron chi connectivity index (χ4n) is 1.76. The summed E-state index contributed by atoms with van der Waals surface area (Å²) in [6.45, 7) is 10.0. The second kappa shape index (κ2) is 8.90. The number of carbonyl (C=O) groups excluding carboxylic acids is 1. The zero-order valence-electron chi connectivity index (χ0n) is 13.2. The molecule has 118 valence electrons. The van der Waals surface area contributed by atoms with E-state index in [1.165, 1.54) is 0 Å². The summed E-state index contributed by atoms with van der Waals surface area (Å²) >= 11 is 6.20. The van der Waals surface area contributed by atoms with E-state index in [1.807, 2.05) is 32.9 Å². The van der Waals surface area contributed by atoms with E-state index >= 15 is 0 Å². The molecule has 4 nitrogen and oxygen atoms in total. The Morgan fingerprint density at radius 3 is 2.67 bits per heavy atom. The number of benzene rings is 1. The molecule has 0 spiro atoms. The molecule has 0 fully saturated rings. The number of rotatable bonds is 8. The predicted octanol–water partition coefficient (Wildman–Crippen LogP) is 2.99. The fourth-order valence-corrected chi connectivity index (χ4v) is 2.00. The standard InChI is InChI=1S/C16H25ClN2O2/c1-5-18-10-13-7-6-8-14(17)15(13)21-12(4)16(20)19-9-11(2)3/h6-8,11-12,18H,5,9-10H2,1-4H3,(H,19,20). The molecule has 0 aliphatic heterocycles. The van der Waals surface area contributed by atoms with Crippen molar-refractivity contribution < 1.29 is 9.53 Å². The van der Waals surface area contributed by atoms with Crippen molar-refractivity contribution in [1.82, 2.24) is 10.6 Å². The number of amides is 1. The number of halogens is 1. The van der Waals surface area contributed by atoms with E-state index in [0.717, 1.165) is 12.1 Å². The first kappa shape index (κ1) is 17.8. The first-order chi connectivity index (χ1) is 9.95. The molecule has 0 aliphatic rings. The molecule has 0 radical (unpaired) electrons. The second-order valence-electron chi connectivity index (χ2n) is 5.41. The van der Waals surface area contributed by atoms with Crippen LogP contribution in [-0.4, -0.2) is 25.1 Å². The maximum atomic E-state index is 12.0. The van der Waals surface area contributed by atoms with Crippen LogP contribution in [0.4, 0.5) is 0 Å². The summed E-state index contributed by atoms with van der Waals surface area (Å²) in [7, 11) is 0. The van der Waals surface area contributed by atoms with Crippen molar-refractivity contribution in [2.75, 3.05) is 13.1 Å². The minimum Gasteiger partial charge on any atom is -0.479 e. The third kappa shape index (κ3) is 5.94. The molecule has 5 heteroatoms. The van der Waals surface area contributed by atoms with Crippen molar-refractivity contribution in [2.24, 2.45) is 5.92 Å². The Labute approximate surface area is 132 Å². The lowest BCUT2D eigenvalue weighted by Crippen LogP contribution is -2.38. The Kier molecular flexibility index (Phi) is 7.54. The summed E-state index contributed by atoms with van der Waals surface area (Å²) in [5, 5.41) is 6.62. The molecule has 2 N–H and O–H groups in total. The number of ether oxygens (including phenoxy) is 1. The van der Waals surface area contributed by atoms with Crippen molar-refractivity contribution in [2.45, 2.75) is 40.3 Å². The van der Waals surface area contributed by atoms with Gasteiger partial charge in [0.2, 0.25) is 0 Å². The number of hydrogen-bond donors (Lipinski definition) is 2. The van der Waals surface area contributed by atoms with Crippen molar-refractivity contribution in [3.63, 3.8) is 0 Å². The highest BCUT2D eigenvalue weighted by molar-refractivity contribution is 6.32. The van der Waals surface area contributed by atoms with Gasteiger partial charge in [-0.3, -0.25) is 4.79 Å². The van der Waals surface area contributed by atoms with Gasteiger partial charge in [-0.2, -0.15) is 0 Å². The van der Waals surface area contributed by atoms with E-state index in [4.69, 9.17) is 16.3 Å². The SMILES string of the molecule is CCNCc1cccc(Cl)c1OC(C)C(=O)NCC(C)C. The first-order valence-electron chi connectivity index (χ1n) is 7.38. The molecule has 1 aromatic rings. The third-order valence-corrected chi connectivity index (χ3v) is 3.26. The van der Waals surface area contributed by atoms with Crippen LogP contribution in [0.1, 0.15) is 33.3 Å². The Hall–Kier alpha value is -1.26. The van der Waals surface area contributed by atoms with Crippen LogP contribution in [0.3, 0.4) is 0 Å². The van der Waals surface area contributed by atoms with Crippen LogP contribution < -0.4 is 15.4 Å². The fraction of sp³-hybridized carbons (Fsp3) is 0.562. The maximum Gasteiger partial charge on any atom is 0.260 e. The highest BCUT2D eigenvalue weighted by Crippen LogP contribution is 2.29. The maximum absolute atomic E-state index is 12.0. The van der Waals surface area contributed by atoms with Gasteiger partial charge in [-0.05, 0) is 25.5 Å². The van der Waals surface area contributed by atoms with Crippen LogP contribution >= 0.6 is 11.6 Å². The summed E-state index contributed by atoms with van der Waals surface area (Å²) in [5.74, 6) is 0.858. The monoisotopic (exact) mass is 312 g/mol. The van der Waals surface area contributed by atoms with E-state index < -0.39 is 6.10 Å². The van der Waals surface area contributed by atoms with Crippen LogP contribution in [0.5, 0.6) is 5.75 Å². The molecule has 1 amide bonds. The van der Waals surface area contributed by atoms with Gasteiger partial charge >= 0.3 is 0 Å². The average Bonchev–Trinajstić information content (AvgIpc) is 2.45. The Morgan fingerprint density at radius 1 is 1.33 bits per heavy atom. The molecule has 0 saturated carbocycles. The Balaban J connectivity index is 2.74. The number of para-hydroxylation sites is 1. The number of hydrogen-bond acceptors (Lipinski definition) is 3. The lowest BCUT2D eigenvalue weighted by molar-refractivity contribution is -0.127. The first-order valence-corrected chi connectivity index (χ1v) is 7.76. The Bertz CT molecular complexity index is 464. The lowest BCUT2D eigenvalue weighted by Gasteiger charge is -2.19. The Morgan fingerprint density at radius 2 is 2.05 bits per heavy atom. The third-order valence-electron chi connectivity index (χ3n) is 2.96. The summed E-state index contributed by atoms with van der Waals surface area (Å²) in [6, 6.07) is 5.60. The molecule has 0 aliphatic carbocycles. The molecule has 0 saturated heterocycles. The van der Waals surface area contributed by atoms with Crippen molar-refractivity contribution in [3.05, 3.63) is 28.8 Å². The zero-order valence-corrected chi connectivity index (χ0v) is 14.0. The van der Waals surface area contributed by atoms with E-state index in [-0.39, 0.29) is 5.91 Å². The number of carbonyl (C=O) groups is 1. The van der Waals surface area contributed by atoms with Crippen LogP contribution in [0.25, 0.3) is 0 Å². The van der Waals surface area contributed by atoms with Gasteiger partial charge in [0, 0.05) is 18.7 Å². The van der Waals surface area contributed by atoms with Crippen molar-refractivity contribution in [3.8, 4) is 5.75 Å². The van der Waals surface area contributed by atoms with E-state index in [0.29, 0.717) is 29.8 Å². The van der Waals surface area contributed by atoms with E-state index in [1.54, 1.807) is 13.0 Å². The second-order valence-corrected chi connectivity index (χ2v) is 5.81. The van der Waals surface area contributed by atoms with Gasteiger partial charge < -0.3 is 15.4 Å². The van der Waals surface area contributed by atoms with Crippen LogP contribution in [0.2, 0.25) is 5.02 Å². The zero-order chi connectivity index (χ0) is 15.8. The highest BCUT2D eigenvalue weighted by atomic mass is 35.5. The lowest BCUT2D eigenvalue weighted by atomic mass is 10.2. The quantitative estimate of drug-likeness (QED) is 0.776.